The Morgan fingerprint density at radius 3 is 2.71 bits per heavy atom. The molecule has 5 heteroatoms. The normalized spacial score (nSPS) is 11.4. The summed E-state index contributed by atoms with van der Waals surface area (Å²) in [6, 6.07) is 7.77. The Morgan fingerprint density at radius 1 is 1.29 bits per heavy atom. The number of nitrogens with zero attached hydrogens (tertiary/aromatic N) is 2. The maximum Gasteiger partial charge on any atom is 0.251 e. The average molecular weight is 286 g/mol. The van der Waals surface area contributed by atoms with Crippen LogP contribution in [0.5, 0.6) is 0 Å². The van der Waals surface area contributed by atoms with Crippen molar-refractivity contribution in [1.29, 1.82) is 0 Å². The number of aryl methyl sites for hydroxylation is 1. The van der Waals surface area contributed by atoms with E-state index in [1.165, 1.54) is 6.33 Å². The Hall–Kier alpha value is -2.17. The van der Waals surface area contributed by atoms with Gasteiger partial charge in [0.15, 0.2) is 0 Å². The quantitative estimate of drug-likeness (QED) is 0.829. The minimum Gasteiger partial charge on any atom is -0.352 e. The molecule has 1 heterocycles. The Balaban J connectivity index is 1.92. The van der Waals surface area contributed by atoms with Gasteiger partial charge < -0.3 is 5.32 Å². The van der Waals surface area contributed by atoms with E-state index in [4.69, 9.17) is 0 Å². The Kier molecular flexibility index (Phi) is 4.73. The molecule has 2 rings (SSSR count). The molecule has 0 aliphatic carbocycles. The third-order valence-electron chi connectivity index (χ3n) is 3.32. The monoisotopic (exact) mass is 286 g/mol. The third-order valence-corrected chi connectivity index (χ3v) is 3.32. The molecule has 112 valence electrons. The fourth-order valence-corrected chi connectivity index (χ4v) is 2.24. The van der Waals surface area contributed by atoms with Crippen LogP contribution >= 0.6 is 0 Å². The van der Waals surface area contributed by atoms with Crippen LogP contribution in [-0.2, 0) is 11.8 Å². The number of aromatic nitrogens is 3. The summed E-state index contributed by atoms with van der Waals surface area (Å²) in [5, 5.41) is 9.58. The van der Waals surface area contributed by atoms with Crippen LogP contribution in [0.1, 0.15) is 48.9 Å². The first-order valence-corrected chi connectivity index (χ1v) is 7.20. The van der Waals surface area contributed by atoms with Crippen LogP contribution in [0.2, 0.25) is 0 Å². The van der Waals surface area contributed by atoms with Gasteiger partial charge in [-0.1, -0.05) is 39.0 Å². The molecule has 0 saturated heterocycles. The van der Waals surface area contributed by atoms with Gasteiger partial charge in [-0.05, 0) is 23.5 Å². The van der Waals surface area contributed by atoms with E-state index in [9.17, 15) is 4.79 Å². The minimum absolute atomic E-state index is 0.0157. The van der Waals surface area contributed by atoms with Crippen LogP contribution in [0.25, 0.3) is 0 Å². The number of amides is 1. The molecule has 0 aliphatic heterocycles. The molecule has 1 aromatic carbocycles. The van der Waals surface area contributed by atoms with E-state index >= 15 is 0 Å². The minimum atomic E-state index is -0.0478. The van der Waals surface area contributed by atoms with Crippen molar-refractivity contribution in [2.45, 2.75) is 39.0 Å². The molecular weight excluding hydrogens is 264 g/mol. The standard InChI is InChI=1S/C16H22N4O/c1-16(2,3)13-8-5-4-7-12(13)15(21)17-10-6-9-14-18-11-19-20-14/h4-5,7-8,11H,6,9-10H2,1-3H3,(H,17,21)(H,18,19,20). The highest BCUT2D eigenvalue weighted by molar-refractivity contribution is 5.96. The Morgan fingerprint density at radius 2 is 2.05 bits per heavy atom. The predicted octanol–water partition coefficient (Wildman–Crippen LogP) is 2.46. The van der Waals surface area contributed by atoms with E-state index in [2.05, 4.69) is 41.3 Å². The number of rotatable bonds is 5. The molecule has 0 fully saturated rings. The Bertz CT molecular complexity index is 585. The van der Waals surface area contributed by atoms with Crippen LogP contribution < -0.4 is 5.32 Å². The lowest BCUT2D eigenvalue weighted by atomic mass is 9.83. The number of nitrogens with one attached hydrogen (secondary N) is 2. The van der Waals surface area contributed by atoms with Crippen molar-refractivity contribution >= 4 is 5.91 Å². The number of carbonyl (C=O) groups excluding carboxylic acids is 1. The number of hydrogen-bond donors (Lipinski definition) is 2. The van der Waals surface area contributed by atoms with E-state index in [0.717, 1.165) is 29.8 Å². The van der Waals surface area contributed by atoms with E-state index < -0.39 is 0 Å². The molecule has 0 atom stereocenters. The van der Waals surface area contributed by atoms with Crippen molar-refractivity contribution in [2.75, 3.05) is 6.54 Å². The maximum absolute atomic E-state index is 12.3. The molecule has 5 nitrogen and oxygen atoms in total. The van der Waals surface area contributed by atoms with Gasteiger partial charge in [0.25, 0.3) is 5.91 Å². The summed E-state index contributed by atoms with van der Waals surface area (Å²) < 4.78 is 0. The van der Waals surface area contributed by atoms with E-state index in [-0.39, 0.29) is 11.3 Å². The summed E-state index contributed by atoms with van der Waals surface area (Å²) in [5.74, 6) is 0.831. The number of hydrogen-bond acceptors (Lipinski definition) is 3. The Labute approximate surface area is 125 Å². The van der Waals surface area contributed by atoms with Crippen molar-refractivity contribution in [3.05, 3.63) is 47.5 Å². The summed E-state index contributed by atoms with van der Waals surface area (Å²) in [6.07, 6.45) is 3.10. The fraction of sp³-hybridized carbons (Fsp3) is 0.438. The molecule has 0 radical (unpaired) electrons. The maximum atomic E-state index is 12.3. The van der Waals surface area contributed by atoms with Crippen molar-refractivity contribution in [2.24, 2.45) is 0 Å². The van der Waals surface area contributed by atoms with Gasteiger partial charge in [0.05, 0.1) is 0 Å². The fourth-order valence-electron chi connectivity index (χ4n) is 2.24. The van der Waals surface area contributed by atoms with Crippen molar-refractivity contribution in [3.8, 4) is 0 Å². The first-order valence-electron chi connectivity index (χ1n) is 7.20. The molecule has 21 heavy (non-hydrogen) atoms. The summed E-state index contributed by atoms with van der Waals surface area (Å²) >= 11 is 0. The topological polar surface area (TPSA) is 70.7 Å². The molecule has 0 spiro atoms. The number of aromatic amines is 1. The molecule has 0 bridgehead atoms. The molecule has 0 unspecified atom stereocenters. The zero-order valence-electron chi connectivity index (χ0n) is 12.8. The molecule has 0 aliphatic rings. The van der Waals surface area contributed by atoms with Crippen LogP contribution in [0.4, 0.5) is 0 Å². The van der Waals surface area contributed by atoms with Gasteiger partial charge in [-0.15, -0.1) is 0 Å². The van der Waals surface area contributed by atoms with Gasteiger partial charge in [0.1, 0.15) is 12.2 Å². The lowest BCUT2D eigenvalue weighted by Gasteiger charge is -2.22. The first kappa shape index (κ1) is 15.2. The van der Waals surface area contributed by atoms with Gasteiger partial charge in [0, 0.05) is 18.5 Å². The molecule has 0 saturated carbocycles. The van der Waals surface area contributed by atoms with Crippen LogP contribution in [0, 0.1) is 0 Å². The van der Waals surface area contributed by atoms with Crippen molar-refractivity contribution in [3.63, 3.8) is 0 Å². The van der Waals surface area contributed by atoms with Gasteiger partial charge >= 0.3 is 0 Å². The van der Waals surface area contributed by atoms with Crippen LogP contribution in [-0.4, -0.2) is 27.6 Å². The smallest absolute Gasteiger partial charge is 0.251 e. The molecule has 2 aromatic rings. The highest BCUT2D eigenvalue weighted by Crippen LogP contribution is 2.25. The highest BCUT2D eigenvalue weighted by Gasteiger charge is 2.20. The first-order chi connectivity index (χ1) is 9.98. The molecule has 1 aromatic heterocycles. The second-order valence-corrected chi connectivity index (χ2v) is 6.09. The van der Waals surface area contributed by atoms with Crippen molar-refractivity contribution in [1.82, 2.24) is 20.5 Å². The predicted molar refractivity (Wildman–Crippen MR) is 82.2 cm³/mol. The van der Waals surface area contributed by atoms with Gasteiger partial charge in [0.2, 0.25) is 0 Å². The lowest BCUT2D eigenvalue weighted by molar-refractivity contribution is 0.0951. The van der Waals surface area contributed by atoms with Gasteiger partial charge in [-0.2, -0.15) is 5.10 Å². The summed E-state index contributed by atoms with van der Waals surface area (Å²) in [5.41, 5.74) is 1.77. The molecule has 1 amide bonds. The largest absolute Gasteiger partial charge is 0.352 e. The molecular formula is C16H22N4O. The van der Waals surface area contributed by atoms with E-state index in [1.54, 1.807) is 0 Å². The second kappa shape index (κ2) is 6.52. The number of carbonyl (C=O) groups is 1. The SMILES string of the molecule is CC(C)(C)c1ccccc1C(=O)NCCCc1ncn[nH]1. The summed E-state index contributed by atoms with van der Waals surface area (Å²) in [7, 11) is 0. The highest BCUT2D eigenvalue weighted by atomic mass is 16.1. The van der Waals surface area contributed by atoms with Crippen LogP contribution in [0.3, 0.4) is 0 Å². The lowest BCUT2D eigenvalue weighted by Crippen LogP contribution is -2.28. The second-order valence-electron chi connectivity index (χ2n) is 6.09. The summed E-state index contributed by atoms with van der Waals surface area (Å²) in [6.45, 7) is 6.97. The average Bonchev–Trinajstić information content (AvgIpc) is 2.95. The van der Waals surface area contributed by atoms with E-state index in [0.29, 0.717) is 6.54 Å². The van der Waals surface area contributed by atoms with E-state index in [1.807, 2.05) is 24.3 Å². The van der Waals surface area contributed by atoms with Gasteiger partial charge in [-0.25, -0.2) is 4.98 Å². The number of benzene rings is 1. The van der Waals surface area contributed by atoms with Crippen molar-refractivity contribution < 1.29 is 4.79 Å². The summed E-state index contributed by atoms with van der Waals surface area (Å²) in [4.78, 5) is 16.4. The zero-order valence-corrected chi connectivity index (χ0v) is 12.8. The molecule has 2 N–H and O–H groups in total. The zero-order chi connectivity index (χ0) is 15.3. The third kappa shape index (κ3) is 4.15. The van der Waals surface area contributed by atoms with Gasteiger partial charge in [-0.3, -0.25) is 9.89 Å². The number of H-pyrrole nitrogens is 1. The van der Waals surface area contributed by atoms with Crippen LogP contribution in [0.15, 0.2) is 30.6 Å².